The minimum atomic E-state index is -3.46. The number of rotatable bonds is 3. The van der Waals surface area contributed by atoms with E-state index in [0.29, 0.717) is 4.90 Å². The van der Waals surface area contributed by atoms with Gasteiger partial charge in [-0.25, -0.2) is 8.42 Å². The van der Waals surface area contributed by atoms with E-state index in [0.717, 1.165) is 11.1 Å². The Morgan fingerprint density at radius 2 is 1.62 bits per heavy atom. The molecule has 4 heteroatoms. The Bertz CT molecular complexity index is 789. The molecule has 1 aliphatic carbocycles. The van der Waals surface area contributed by atoms with Crippen molar-refractivity contribution in [1.82, 2.24) is 0 Å². The first-order valence-electron chi connectivity index (χ1n) is 6.81. The molecule has 0 aliphatic heterocycles. The molecule has 0 N–H and O–H groups in total. The van der Waals surface area contributed by atoms with E-state index < -0.39 is 21.0 Å². The van der Waals surface area contributed by atoms with Gasteiger partial charge >= 0.3 is 0 Å². The van der Waals surface area contributed by atoms with Gasteiger partial charge < -0.3 is 0 Å². The summed E-state index contributed by atoms with van der Waals surface area (Å²) < 4.78 is 25.4. The molecule has 0 unspecified atom stereocenters. The lowest BCUT2D eigenvalue weighted by atomic mass is 10.1. The first kappa shape index (κ1) is 13.8. The van der Waals surface area contributed by atoms with Crippen molar-refractivity contribution < 1.29 is 8.42 Å². The molecule has 1 saturated carbocycles. The van der Waals surface area contributed by atoms with Crippen LogP contribution in [0, 0.1) is 24.2 Å². The maximum Gasteiger partial charge on any atom is 0.183 e. The number of hydrogen-bond donors (Lipinski definition) is 0. The first-order chi connectivity index (χ1) is 10.1. The lowest BCUT2D eigenvalue weighted by Gasteiger charge is -2.04. The van der Waals surface area contributed by atoms with Crippen molar-refractivity contribution in [1.29, 1.82) is 5.26 Å². The van der Waals surface area contributed by atoms with Crippen molar-refractivity contribution >= 4 is 9.84 Å². The van der Waals surface area contributed by atoms with Gasteiger partial charge in [-0.3, -0.25) is 0 Å². The lowest BCUT2D eigenvalue weighted by molar-refractivity contribution is 0.593. The monoisotopic (exact) mass is 297 g/mol. The van der Waals surface area contributed by atoms with Gasteiger partial charge in [0.05, 0.1) is 22.1 Å². The van der Waals surface area contributed by atoms with Gasteiger partial charge in [0.25, 0.3) is 0 Å². The van der Waals surface area contributed by atoms with E-state index in [1.165, 1.54) is 0 Å². The van der Waals surface area contributed by atoms with Crippen molar-refractivity contribution in [3.05, 3.63) is 65.7 Å². The van der Waals surface area contributed by atoms with E-state index in [9.17, 15) is 13.7 Å². The number of aryl methyl sites for hydroxylation is 1. The Kier molecular flexibility index (Phi) is 3.30. The van der Waals surface area contributed by atoms with Gasteiger partial charge in [-0.05, 0) is 24.6 Å². The Morgan fingerprint density at radius 3 is 2.19 bits per heavy atom. The predicted molar refractivity (Wildman–Crippen MR) is 80.4 cm³/mol. The second-order valence-corrected chi connectivity index (χ2v) is 7.52. The normalized spacial score (nSPS) is 24.3. The molecule has 0 radical (unpaired) electrons. The SMILES string of the molecule is Cc1ccc(S(=O)(=O)[C@H]2[C@@H](C#N)[C@@H]2c2ccccc2)cc1. The van der Waals surface area contributed by atoms with Gasteiger partial charge in [-0.15, -0.1) is 0 Å². The summed E-state index contributed by atoms with van der Waals surface area (Å²) in [6.07, 6.45) is 0. The summed E-state index contributed by atoms with van der Waals surface area (Å²) in [7, 11) is -3.46. The van der Waals surface area contributed by atoms with E-state index in [-0.39, 0.29) is 5.92 Å². The van der Waals surface area contributed by atoms with E-state index in [2.05, 4.69) is 6.07 Å². The van der Waals surface area contributed by atoms with Gasteiger partial charge in [-0.1, -0.05) is 48.0 Å². The summed E-state index contributed by atoms with van der Waals surface area (Å²) in [6, 6.07) is 18.4. The quantitative estimate of drug-likeness (QED) is 0.874. The number of sulfone groups is 1. The highest BCUT2D eigenvalue weighted by molar-refractivity contribution is 7.92. The summed E-state index contributed by atoms with van der Waals surface area (Å²) in [4.78, 5) is 0.303. The van der Waals surface area contributed by atoms with Gasteiger partial charge in [0, 0.05) is 5.92 Å². The van der Waals surface area contributed by atoms with Crippen LogP contribution in [0.25, 0.3) is 0 Å². The van der Waals surface area contributed by atoms with Gasteiger partial charge in [0.1, 0.15) is 0 Å². The average molecular weight is 297 g/mol. The minimum Gasteiger partial charge on any atom is -0.223 e. The topological polar surface area (TPSA) is 57.9 Å². The van der Waals surface area contributed by atoms with Gasteiger partial charge in [0.15, 0.2) is 9.84 Å². The molecule has 0 aromatic heterocycles. The summed E-state index contributed by atoms with van der Waals surface area (Å²) in [5.41, 5.74) is 1.94. The van der Waals surface area contributed by atoms with E-state index in [4.69, 9.17) is 0 Å². The molecule has 0 bridgehead atoms. The molecule has 2 aromatic rings. The molecule has 0 heterocycles. The molecule has 106 valence electrons. The van der Waals surface area contributed by atoms with Crippen LogP contribution in [0.4, 0.5) is 0 Å². The predicted octanol–water partition coefficient (Wildman–Crippen LogP) is 3.07. The highest BCUT2D eigenvalue weighted by Gasteiger charge is 2.59. The van der Waals surface area contributed by atoms with Crippen LogP contribution >= 0.6 is 0 Å². The van der Waals surface area contributed by atoms with Crippen molar-refractivity contribution in [2.45, 2.75) is 23.0 Å². The van der Waals surface area contributed by atoms with Crippen LogP contribution in [-0.4, -0.2) is 13.7 Å². The van der Waals surface area contributed by atoms with Crippen LogP contribution in [0.15, 0.2) is 59.5 Å². The Labute approximate surface area is 124 Å². The Balaban J connectivity index is 1.97. The van der Waals surface area contributed by atoms with Crippen LogP contribution in [0.3, 0.4) is 0 Å². The number of nitrogens with zero attached hydrogens (tertiary/aromatic N) is 1. The van der Waals surface area contributed by atoms with Crippen LogP contribution in [0.2, 0.25) is 0 Å². The maximum atomic E-state index is 12.7. The van der Waals surface area contributed by atoms with Crippen molar-refractivity contribution in [2.75, 3.05) is 0 Å². The summed E-state index contributed by atoms with van der Waals surface area (Å²) in [5.74, 6) is -0.679. The third kappa shape index (κ3) is 2.34. The van der Waals surface area contributed by atoms with Gasteiger partial charge in [0.2, 0.25) is 0 Å². The van der Waals surface area contributed by atoms with Gasteiger partial charge in [-0.2, -0.15) is 5.26 Å². The number of benzene rings is 2. The van der Waals surface area contributed by atoms with Crippen LogP contribution in [0.5, 0.6) is 0 Å². The van der Waals surface area contributed by atoms with E-state index in [1.54, 1.807) is 24.3 Å². The third-order valence-electron chi connectivity index (χ3n) is 4.00. The molecule has 2 aromatic carbocycles. The molecule has 21 heavy (non-hydrogen) atoms. The second-order valence-electron chi connectivity index (χ2n) is 5.41. The fourth-order valence-corrected chi connectivity index (χ4v) is 4.85. The zero-order valence-electron chi connectivity index (χ0n) is 11.6. The molecule has 1 aliphatic rings. The fourth-order valence-electron chi connectivity index (χ4n) is 2.78. The maximum absolute atomic E-state index is 12.7. The number of hydrogen-bond acceptors (Lipinski definition) is 3. The highest BCUT2D eigenvalue weighted by atomic mass is 32.2. The summed E-state index contributed by atoms with van der Waals surface area (Å²) in [5, 5.41) is 8.62. The molecule has 0 saturated heterocycles. The summed E-state index contributed by atoms with van der Waals surface area (Å²) in [6.45, 7) is 1.92. The third-order valence-corrected chi connectivity index (χ3v) is 6.23. The largest absolute Gasteiger partial charge is 0.223 e. The lowest BCUT2D eigenvalue weighted by Crippen LogP contribution is -2.10. The molecule has 3 nitrogen and oxygen atoms in total. The van der Waals surface area contributed by atoms with Crippen LogP contribution in [0.1, 0.15) is 17.0 Å². The average Bonchev–Trinajstić information content (AvgIpc) is 3.24. The van der Waals surface area contributed by atoms with Crippen molar-refractivity contribution in [3.63, 3.8) is 0 Å². The Hall–Kier alpha value is -2.12. The zero-order valence-corrected chi connectivity index (χ0v) is 12.4. The standard InChI is InChI=1S/C17H15NO2S/c1-12-7-9-14(10-8-12)21(19,20)17-15(11-18)16(17)13-5-3-2-4-6-13/h2-10,15-17H,1H3/t15-,16-,17-/m0/s1. The Morgan fingerprint density at radius 1 is 1.00 bits per heavy atom. The molecule has 3 rings (SSSR count). The second kappa shape index (κ2) is 5.01. The smallest absolute Gasteiger partial charge is 0.183 e. The van der Waals surface area contributed by atoms with Crippen molar-refractivity contribution in [2.24, 2.45) is 5.92 Å². The zero-order chi connectivity index (χ0) is 15.0. The van der Waals surface area contributed by atoms with Crippen LogP contribution in [-0.2, 0) is 9.84 Å². The van der Waals surface area contributed by atoms with Crippen molar-refractivity contribution in [3.8, 4) is 6.07 Å². The first-order valence-corrected chi connectivity index (χ1v) is 8.35. The molecular formula is C17H15NO2S. The van der Waals surface area contributed by atoms with E-state index in [1.807, 2.05) is 37.3 Å². The van der Waals surface area contributed by atoms with Crippen LogP contribution < -0.4 is 0 Å². The molecule has 3 atom stereocenters. The number of nitriles is 1. The fraction of sp³-hybridized carbons (Fsp3) is 0.235. The minimum absolute atomic E-state index is 0.220. The molecular weight excluding hydrogens is 282 g/mol. The highest BCUT2D eigenvalue weighted by Crippen LogP contribution is 2.53. The van der Waals surface area contributed by atoms with E-state index >= 15 is 0 Å². The molecule has 1 fully saturated rings. The summed E-state index contributed by atoms with van der Waals surface area (Å²) >= 11 is 0. The molecule has 0 spiro atoms. The molecule has 0 amide bonds.